The summed E-state index contributed by atoms with van der Waals surface area (Å²) < 4.78 is 33.2. The number of nitrogens with two attached hydrogens (primary N) is 1. The normalized spacial score (nSPS) is 14.7. The first-order chi connectivity index (χ1) is 24.7. The van der Waals surface area contributed by atoms with Crippen LogP contribution in [0.15, 0.2) is 60.8 Å². The van der Waals surface area contributed by atoms with Crippen molar-refractivity contribution in [3.8, 4) is 0 Å². The molecule has 0 bridgehead atoms. The highest BCUT2D eigenvalue weighted by Gasteiger charge is 2.27. The lowest BCUT2D eigenvalue weighted by Gasteiger charge is -2.20. The number of hydrogen-bond acceptors (Lipinski definition) is 8. The van der Waals surface area contributed by atoms with Crippen LogP contribution >= 0.6 is 7.82 Å². The van der Waals surface area contributed by atoms with Crippen LogP contribution in [0.25, 0.3) is 0 Å². The van der Waals surface area contributed by atoms with Gasteiger partial charge in [-0.3, -0.25) is 18.6 Å². The molecule has 294 valence electrons. The van der Waals surface area contributed by atoms with E-state index in [-0.39, 0.29) is 13.0 Å². The minimum atomic E-state index is -4.62. The van der Waals surface area contributed by atoms with Crippen LogP contribution in [0.2, 0.25) is 0 Å². The van der Waals surface area contributed by atoms with Gasteiger partial charge in [-0.25, -0.2) is 4.57 Å². The topological polar surface area (TPSA) is 155 Å². The van der Waals surface area contributed by atoms with Crippen LogP contribution in [0, 0.1) is 0 Å². The Bertz CT molecular complexity index is 1040. The molecule has 10 nitrogen and oxygen atoms in total. The summed E-state index contributed by atoms with van der Waals surface area (Å²) in [5.74, 6) is -1.80. The zero-order valence-electron chi connectivity index (χ0n) is 31.7. The number of carboxylic acids is 1. The molecule has 0 saturated carbocycles. The number of aliphatic carboxylic acids is 1. The lowest BCUT2D eigenvalue weighted by atomic mass is 10.1. The summed E-state index contributed by atoms with van der Waals surface area (Å²) in [6.45, 7) is 3.64. The highest BCUT2D eigenvalue weighted by molar-refractivity contribution is 7.47. The SMILES string of the molecule is CC/C=C\C/C=C\C/C=C\C/C=C\CCCCCCCOCC(COP(=O)(O)OCC(N)C(=O)O)OC(=O)CCCCCCC/C=C\CCCC. The highest BCUT2D eigenvalue weighted by Crippen LogP contribution is 2.43. The minimum Gasteiger partial charge on any atom is -0.480 e. The maximum atomic E-state index is 12.5. The van der Waals surface area contributed by atoms with Crippen LogP contribution < -0.4 is 5.73 Å². The molecule has 0 saturated heterocycles. The van der Waals surface area contributed by atoms with Crippen LogP contribution in [0.5, 0.6) is 0 Å². The van der Waals surface area contributed by atoms with Crippen molar-refractivity contribution in [3.63, 3.8) is 0 Å². The molecule has 0 aliphatic heterocycles. The van der Waals surface area contributed by atoms with Gasteiger partial charge in [-0.05, 0) is 70.6 Å². The second-order valence-electron chi connectivity index (χ2n) is 12.7. The molecule has 0 radical (unpaired) electrons. The van der Waals surface area contributed by atoms with E-state index < -0.39 is 45.1 Å². The van der Waals surface area contributed by atoms with E-state index in [1.54, 1.807) is 0 Å². The summed E-state index contributed by atoms with van der Waals surface area (Å²) in [6, 6.07) is -1.48. The van der Waals surface area contributed by atoms with E-state index in [0.717, 1.165) is 103 Å². The van der Waals surface area contributed by atoms with Crippen LogP contribution in [-0.4, -0.2) is 60.5 Å². The van der Waals surface area contributed by atoms with Gasteiger partial charge in [0.2, 0.25) is 0 Å². The molecule has 0 fully saturated rings. The van der Waals surface area contributed by atoms with Crippen molar-refractivity contribution in [2.45, 2.75) is 154 Å². The van der Waals surface area contributed by atoms with Gasteiger partial charge in [0.15, 0.2) is 0 Å². The molecule has 11 heteroatoms. The Hall–Kier alpha value is -2.33. The van der Waals surface area contributed by atoms with E-state index in [2.05, 4.69) is 79.1 Å². The summed E-state index contributed by atoms with van der Waals surface area (Å²) in [5.41, 5.74) is 5.33. The smallest absolute Gasteiger partial charge is 0.472 e. The Labute approximate surface area is 309 Å². The molecule has 0 aromatic rings. The van der Waals surface area contributed by atoms with E-state index >= 15 is 0 Å². The van der Waals surface area contributed by atoms with E-state index in [1.165, 1.54) is 12.8 Å². The molecule has 0 aliphatic carbocycles. The number of phosphoric ester groups is 1. The molecule has 3 atom stereocenters. The summed E-state index contributed by atoms with van der Waals surface area (Å²) >= 11 is 0. The van der Waals surface area contributed by atoms with Crippen molar-refractivity contribution in [1.29, 1.82) is 0 Å². The lowest BCUT2D eigenvalue weighted by molar-refractivity contribution is -0.154. The van der Waals surface area contributed by atoms with Crippen LogP contribution in [-0.2, 0) is 32.7 Å². The maximum absolute atomic E-state index is 12.5. The van der Waals surface area contributed by atoms with Crippen molar-refractivity contribution in [2.75, 3.05) is 26.4 Å². The van der Waals surface area contributed by atoms with Crippen LogP contribution in [0.4, 0.5) is 0 Å². The maximum Gasteiger partial charge on any atom is 0.472 e. The summed E-state index contributed by atoms with van der Waals surface area (Å²) in [4.78, 5) is 33.4. The van der Waals surface area contributed by atoms with E-state index in [9.17, 15) is 19.0 Å². The summed E-state index contributed by atoms with van der Waals surface area (Å²) in [7, 11) is -4.62. The average Bonchev–Trinajstić information content (AvgIpc) is 3.10. The molecule has 0 rings (SSSR count). The van der Waals surface area contributed by atoms with Gasteiger partial charge in [0.1, 0.15) is 12.1 Å². The van der Waals surface area contributed by atoms with Gasteiger partial charge in [-0.1, -0.05) is 126 Å². The largest absolute Gasteiger partial charge is 0.480 e. The number of unbranched alkanes of at least 4 members (excludes halogenated alkanes) is 12. The zero-order valence-corrected chi connectivity index (χ0v) is 32.6. The first-order valence-corrected chi connectivity index (χ1v) is 20.8. The standard InChI is InChI=1S/C40H70NO9P/c1-3-5-7-9-11-13-15-16-17-18-19-20-21-23-25-27-29-31-33-47-34-37(35-48-51(45,46)49-36-38(41)40(43)44)50-39(42)32-30-28-26-24-22-14-12-10-8-6-4-2/h5,7,10-13,16-17,19-20,37-38H,3-4,6,8-9,14-15,18,21-36,41H2,1-2H3,(H,43,44)(H,45,46)/b7-5-,12-10-,13-11-,17-16-,20-19-. The van der Waals surface area contributed by atoms with Gasteiger partial charge in [0.05, 0.1) is 19.8 Å². The molecule has 4 N–H and O–H groups in total. The number of phosphoric acid groups is 1. The predicted octanol–water partition coefficient (Wildman–Crippen LogP) is 10.1. The Balaban J connectivity index is 4.33. The number of ether oxygens (including phenoxy) is 2. The molecule has 0 aromatic carbocycles. The van der Waals surface area contributed by atoms with Gasteiger partial charge in [0.25, 0.3) is 0 Å². The third-order valence-corrected chi connectivity index (χ3v) is 8.73. The fourth-order valence-electron chi connectivity index (χ4n) is 4.75. The van der Waals surface area contributed by atoms with Crippen LogP contribution in [0.3, 0.4) is 0 Å². The second kappa shape index (κ2) is 36.0. The Morgan fingerprint density at radius 1 is 0.647 bits per heavy atom. The van der Waals surface area contributed by atoms with Crippen molar-refractivity contribution in [3.05, 3.63) is 60.8 Å². The van der Waals surface area contributed by atoms with Gasteiger partial charge in [-0.2, -0.15) is 0 Å². The molecule has 0 aliphatic rings. The van der Waals surface area contributed by atoms with Gasteiger partial charge < -0.3 is 25.2 Å². The van der Waals surface area contributed by atoms with E-state index in [4.69, 9.17) is 24.8 Å². The number of rotatable bonds is 36. The predicted molar refractivity (Wildman–Crippen MR) is 207 cm³/mol. The molecule has 0 heterocycles. The number of esters is 1. The molecule has 3 unspecified atom stereocenters. The number of carboxylic acid groups (broad SMARTS) is 1. The zero-order chi connectivity index (χ0) is 37.7. The van der Waals surface area contributed by atoms with Crippen molar-refractivity contribution < 1.29 is 42.7 Å². The van der Waals surface area contributed by atoms with E-state index in [0.29, 0.717) is 13.0 Å². The lowest BCUT2D eigenvalue weighted by Crippen LogP contribution is -2.34. The molecular formula is C40H70NO9P. The van der Waals surface area contributed by atoms with E-state index in [1.807, 2.05) is 0 Å². The average molecular weight is 740 g/mol. The van der Waals surface area contributed by atoms with Crippen molar-refractivity contribution in [2.24, 2.45) is 5.73 Å². The molecule has 0 amide bonds. The molecular weight excluding hydrogens is 669 g/mol. The first-order valence-electron chi connectivity index (χ1n) is 19.3. The van der Waals surface area contributed by atoms with Crippen molar-refractivity contribution in [1.82, 2.24) is 0 Å². The summed E-state index contributed by atoms with van der Waals surface area (Å²) in [5, 5.41) is 8.86. The molecule has 0 spiro atoms. The fraction of sp³-hybridized carbons (Fsp3) is 0.700. The Morgan fingerprint density at radius 2 is 1.14 bits per heavy atom. The quantitative estimate of drug-likeness (QED) is 0.0245. The Kier molecular flexibility index (Phi) is 34.4. The number of carbonyl (C=O) groups excluding carboxylic acids is 1. The number of carbonyl (C=O) groups is 2. The monoisotopic (exact) mass is 739 g/mol. The van der Waals surface area contributed by atoms with Crippen LogP contribution in [0.1, 0.15) is 142 Å². The fourth-order valence-corrected chi connectivity index (χ4v) is 5.53. The molecule has 51 heavy (non-hydrogen) atoms. The highest BCUT2D eigenvalue weighted by atomic mass is 31.2. The Morgan fingerprint density at radius 3 is 1.73 bits per heavy atom. The number of allylic oxidation sites excluding steroid dienone is 10. The third kappa shape index (κ3) is 35.8. The number of hydrogen-bond donors (Lipinski definition) is 3. The minimum absolute atomic E-state index is 0.00200. The van der Waals surface area contributed by atoms with Crippen molar-refractivity contribution >= 4 is 19.8 Å². The second-order valence-corrected chi connectivity index (χ2v) is 14.1. The first kappa shape index (κ1) is 48.7. The van der Waals surface area contributed by atoms with Gasteiger partial charge in [0, 0.05) is 13.0 Å². The van der Waals surface area contributed by atoms with Gasteiger partial charge >= 0.3 is 19.8 Å². The molecule has 0 aromatic heterocycles. The third-order valence-electron chi connectivity index (χ3n) is 7.78. The van der Waals surface area contributed by atoms with Gasteiger partial charge in [-0.15, -0.1) is 0 Å². The summed E-state index contributed by atoms with van der Waals surface area (Å²) in [6.07, 6.45) is 41.3.